The molecule has 2 N–H and O–H groups in total. The average Bonchev–Trinajstić information content (AvgIpc) is 3.05. The van der Waals surface area contributed by atoms with Crippen LogP contribution in [-0.2, 0) is 0 Å². The summed E-state index contributed by atoms with van der Waals surface area (Å²) in [6.07, 6.45) is 1.89. The summed E-state index contributed by atoms with van der Waals surface area (Å²) in [7, 11) is 0. The minimum atomic E-state index is 0.213. The molecule has 116 valence electrons. The van der Waals surface area contributed by atoms with Crippen LogP contribution in [0.1, 0.15) is 11.3 Å². The van der Waals surface area contributed by atoms with E-state index < -0.39 is 0 Å². The highest BCUT2D eigenvalue weighted by Crippen LogP contribution is 2.35. The summed E-state index contributed by atoms with van der Waals surface area (Å²) < 4.78 is 5.93. The zero-order chi connectivity index (χ0) is 16.4. The number of hydrogen-bond acceptors (Lipinski definition) is 2. The minimum absolute atomic E-state index is 0.213. The van der Waals surface area contributed by atoms with Crippen molar-refractivity contribution in [1.82, 2.24) is 4.98 Å². The van der Waals surface area contributed by atoms with E-state index in [1.165, 1.54) is 5.39 Å². The van der Waals surface area contributed by atoms with Gasteiger partial charge in [-0.1, -0.05) is 12.7 Å². The van der Waals surface area contributed by atoms with Gasteiger partial charge in [0.25, 0.3) is 0 Å². The maximum atomic E-state index is 9.66. The summed E-state index contributed by atoms with van der Waals surface area (Å²) >= 11 is 0. The van der Waals surface area contributed by atoms with Crippen LogP contribution >= 0.6 is 0 Å². The zero-order valence-corrected chi connectivity index (χ0v) is 13.2. The Morgan fingerprint density at radius 2 is 1.71 bits per heavy atom. The molecule has 2 heterocycles. The molecule has 3 nitrogen and oxygen atoms in total. The Kier molecular flexibility index (Phi) is 2.44. The van der Waals surface area contributed by atoms with Gasteiger partial charge in [0, 0.05) is 39.0 Å². The number of benzene rings is 3. The Morgan fingerprint density at radius 3 is 2.54 bits per heavy atom. The van der Waals surface area contributed by atoms with Gasteiger partial charge in [-0.2, -0.15) is 0 Å². The van der Waals surface area contributed by atoms with Crippen molar-refractivity contribution in [2.45, 2.75) is 6.92 Å². The number of furan rings is 1. The molecule has 0 saturated heterocycles. The quantitative estimate of drug-likeness (QED) is 0.406. The molecular weight excluding hydrogens is 298 g/mol. The van der Waals surface area contributed by atoms with E-state index in [0.717, 1.165) is 43.9 Å². The standard InChI is InChI=1S/C21H15NO2/c1-3-15-11(2)22-19-8-12-7-18-16-5-4-14(23)10-21(16)24-20(18)9-13(12)6-17(15)19/h3-10,22-23H,1H2,2H3. The molecule has 0 aliphatic rings. The molecule has 0 fully saturated rings. The second kappa shape index (κ2) is 4.42. The number of aromatic hydroxyl groups is 1. The first kappa shape index (κ1) is 13.3. The van der Waals surface area contributed by atoms with Gasteiger partial charge in [-0.3, -0.25) is 0 Å². The molecule has 0 unspecified atom stereocenters. The van der Waals surface area contributed by atoms with Gasteiger partial charge in [0.2, 0.25) is 0 Å². The van der Waals surface area contributed by atoms with Gasteiger partial charge in [0.05, 0.1) is 0 Å². The molecule has 0 aliphatic carbocycles. The fourth-order valence-corrected chi connectivity index (χ4v) is 3.62. The Hall–Kier alpha value is -3.20. The molecular formula is C21H15NO2. The van der Waals surface area contributed by atoms with E-state index in [9.17, 15) is 5.11 Å². The van der Waals surface area contributed by atoms with Gasteiger partial charge >= 0.3 is 0 Å². The first-order valence-corrected chi connectivity index (χ1v) is 7.88. The molecule has 0 bridgehead atoms. The molecule has 0 aliphatic heterocycles. The third kappa shape index (κ3) is 1.67. The van der Waals surface area contributed by atoms with Gasteiger partial charge in [-0.25, -0.2) is 0 Å². The lowest BCUT2D eigenvalue weighted by molar-refractivity contribution is 0.475. The number of phenols is 1. The van der Waals surface area contributed by atoms with Crippen LogP contribution in [0.15, 0.2) is 53.5 Å². The van der Waals surface area contributed by atoms with E-state index in [2.05, 4.69) is 42.8 Å². The zero-order valence-electron chi connectivity index (χ0n) is 13.2. The molecule has 5 rings (SSSR count). The van der Waals surface area contributed by atoms with Crippen LogP contribution in [0, 0.1) is 6.92 Å². The highest BCUT2D eigenvalue weighted by atomic mass is 16.3. The van der Waals surface area contributed by atoms with Crippen molar-refractivity contribution >= 4 is 49.7 Å². The van der Waals surface area contributed by atoms with Crippen LogP contribution < -0.4 is 0 Å². The first-order valence-electron chi connectivity index (χ1n) is 7.88. The smallest absolute Gasteiger partial charge is 0.139 e. The number of phenolic OH excluding ortho intramolecular Hbond substituents is 1. The molecule has 5 aromatic rings. The summed E-state index contributed by atoms with van der Waals surface area (Å²) in [5.74, 6) is 0.213. The number of fused-ring (bicyclic) bond motifs is 5. The van der Waals surface area contributed by atoms with Gasteiger partial charge in [-0.15, -0.1) is 0 Å². The van der Waals surface area contributed by atoms with Crippen molar-refractivity contribution in [1.29, 1.82) is 0 Å². The molecule has 2 aromatic heterocycles. The van der Waals surface area contributed by atoms with Crippen molar-refractivity contribution in [3.63, 3.8) is 0 Å². The van der Waals surface area contributed by atoms with Crippen molar-refractivity contribution in [2.75, 3.05) is 0 Å². The maximum absolute atomic E-state index is 9.66. The number of nitrogens with one attached hydrogen (secondary N) is 1. The van der Waals surface area contributed by atoms with Crippen LogP contribution in [0.3, 0.4) is 0 Å². The van der Waals surface area contributed by atoms with Crippen LogP contribution in [0.2, 0.25) is 0 Å². The highest BCUT2D eigenvalue weighted by molar-refractivity contribution is 6.12. The van der Waals surface area contributed by atoms with Gasteiger partial charge in [0.15, 0.2) is 0 Å². The lowest BCUT2D eigenvalue weighted by atomic mass is 10.0. The number of aromatic nitrogens is 1. The Labute approximate surface area is 137 Å². The van der Waals surface area contributed by atoms with Crippen LogP contribution in [-0.4, -0.2) is 10.1 Å². The summed E-state index contributed by atoms with van der Waals surface area (Å²) in [6.45, 7) is 5.98. The fourth-order valence-electron chi connectivity index (χ4n) is 3.62. The Bertz CT molecular complexity index is 1290. The topological polar surface area (TPSA) is 49.2 Å². The van der Waals surface area contributed by atoms with E-state index in [1.807, 2.05) is 12.1 Å². The predicted molar refractivity (Wildman–Crippen MR) is 99.6 cm³/mol. The Balaban J connectivity index is 1.93. The second-order valence-electron chi connectivity index (χ2n) is 6.24. The third-order valence-electron chi connectivity index (χ3n) is 4.77. The Morgan fingerprint density at radius 1 is 0.958 bits per heavy atom. The minimum Gasteiger partial charge on any atom is -0.508 e. The largest absolute Gasteiger partial charge is 0.508 e. The number of H-pyrrole nitrogens is 1. The van der Waals surface area contributed by atoms with Crippen molar-refractivity contribution in [3.05, 3.63) is 60.3 Å². The summed E-state index contributed by atoms with van der Waals surface area (Å²) in [5.41, 5.74) is 4.91. The number of rotatable bonds is 1. The van der Waals surface area contributed by atoms with Crippen LogP contribution in [0.4, 0.5) is 0 Å². The van der Waals surface area contributed by atoms with E-state index in [-0.39, 0.29) is 5.75 Å². The van der Waals surface area contributed by atoms with Gasteiger partial charge < -0.3 is 14.5 Å². The van der Waals surface area contributed by atoms with E-state index in [4.69, 9.17) is 4.42 Å². The molecule has 0 amide bonds. The normalized spacial score (nSPS) is 11.9. The predicted octanol–water partition coefficient (Wildman–Crippen LogP) is 5.88. The molecule has 0 atom stereocenters. The third-order valence-corrected chi connectivity index (χ3v) is 4.77. The van der Waals surface area contributed by atoms with E-state index in [1.54, 1.807) is 12.1 Å². The summed E-state index contributed by atoms with van der Waals surface area (Å²) in [6, 6.07) is 13.8. The molecule has 3 aromatic carbocycles. The highest BCUT2D eigenvalue weighted by Gasteiger charge is 2.11. The molecule has 0 saturated carbocycles. The lowest BCUT2D eigenvalue weighted by Crippen LogP contribution is -1.76. The van der Waals surface area contributed by atoms with E-state index >= 15 is 0 Å². The van der Waals surface area contributed by atoms with Gasteiger partial charge in [-0.05, 0) is 54.1 Å². The SMILES string of the molecule is C=Cc1c(C)[nH]c2cc3cc4c(cc3cc12)oc1cc(O)ccc14. The second-order valence-corrected chi connectivity index (χ2v) is 6.24. The number of aryl methyl sites for hydroxylation is 1. The van der Waals surface area contributed by atoms with E-state index in [0.29, 0.717) is 5.58 Å². The molecule has 3 heteroatoms. The van der Waals surface area contributed by atoms with Crippen molar-refractivity contribution < 1.29 is 9.52 Å². The monoisotopic (exact) mass is 313 g/mol. The van der Waals surface area contributed by atoms with Crippen LogP contribution in [0.25, 0.3) is 49.7 Å². The maximum Gasteiger partial charge on any atom is 0.139 e. The average molecular weight is 313 g/mol. The van der Waals surface area contributed by atoms with Gasteiger partial charge in [0.1, 0.15) is 16.9 Å². The van der Waals surface area contributed by atoms with Crippen molar-refractivity contribution in [2.24, 2.45) is 0 Å². The summed E-state index contributed by atoms with van der Waals surface area (Å²) in [5, 5.41) is 15.2. The fraction of sp³-hybridized carbons (Fsp3) is 0.0476. The lowest BCUT2D eigenvalue weighted by Gasteiger charge is -2.00. The summed E-state index contributed by atoms with van der Waals surface area (Å²) in [4.78, 5) is 3.43. The first-order chi connectivity index (χ1) is 11.6. The molecule has 24 heavy (non-hydrogen) atoms. The molecule has 0 radical (unpaired) electrons. The van der Waals surface area contributed by atoms with Crippen LogP contribution in [0.5, 0.6) is 5.75 Å². The molecule has 0 spiro atoms. The number of aromatic amines is 1. The number of hydrogen-bond donors (Lipinski definition) is 2. The van der Waals surface area contributed by atoms with Crippen molar-refractivity contribution in [3.8, 4) is 5.75 Å².